The fraction of sp³-hybridized carbons (Fsp3) is 0.278. The standard InChI is InChI=1S/C18H21BrN2O2/c1-12(2)23-17-7-5-4-6-16(17)21-18(22)11-20-14-9-8-13(3)15(19)10-14/h4-10,12,20H,11H2,1-3H3,(H,21,22). The van der Waals surface area contributed by atoms with Crippen LogP contribution in [0.5, 0.6) is 5.75 Å². The molecular formula is C18H21BrN2O2. The van der Waals surface area contributed by atoms with Crippen LogP contribution in [0.3, 0.4) is 0 Å². The van der Waals surface area contributed by atoms with Crippen molar-refractivity contribution >= 4 is 33.2 Å². The molecule has 0 saturated heterocycles. The van der Waals surface area contributed by atoms with E-state index < -0.39 is 0 Å². The van der Waals surface area contributed by atoms with Gasteiger partial charge in [0, 0.05) is 10.2 Å². The smallest absolute Gasteiger partial charge is 0.243 e. The molecule has 0 aliphatic heterocycles. The van der Waals surface area contributed by atoms with E-state index in [1.165, 1.54) is 0 Å². The summed E-state index contributed by atoms with van der Waals surface area (Å²) < 4.78 is 6.71. The molecule has 0 aromatic heterocycles. The van der Waals surface area contributed by atoms with E-state index in [9.17, 15) is 4.79 Å². The first-order valence-electron chi connectivity index (χ1n) is 7.51. The van der Waals surface area contributed by atoms with Crippen LogP contribution in [0.4, 0.5) is 11.4 Å². The van der Waals surface area contributed by atoms with Gasteiger partial charge in [0.25, 0.3) is 0 Å². The van der Waals surface area contributed by atoms with Crippen molar-refractivity contribution in [3.63, 3.8) is 0 Å². The van der Waals surface area contributed by atoms with Gasteiger partial charge in [0.05, 0.1) is 18.3 Å². The highest BCUT2D eigenvalue weighted by atomic mass is 79.9. The van der Waals surface area contributed by atoms with E-state index in [1.54, 1.807) is 0 Å². The Morgan fingerprint density at radius 1 is 1.22 bits per heavy atom. The minimum atomic E-state index is -0.124. The van der Waals surface area contributed by atoms with E-state index in [0.717, 1.165) is 15.7 Å². The lowest BCUT2D eigenvalue weighted by Gasteiger charge is -2.15. The number of anilines is 2. The Bertz CT molecular complexity index is 686. The number of hydrogen-bond acceptors (Lipinski definition) is 3. The molecular weight excluding hydrogens is 356 g/mol. The Labute approximate surface area is 145 Å². The lowest BCUT2D eigenvalue weighted by Crippen LogP contribution is -2.22. The third-order valence-electron chi connectivity index (χ3n) is 3.15. The van der Waals surface area contributed by atoms with Gasteiger partial charge in [0.1, 0.15) is 5.75 Å². The molecule has 0 aliphatic carbocycles. The summed E-state index contributed by atoms with van der Waals surface area (Å²) >= 11 is 3.48. The fourth-order valence-electron chi connectivity index (χ4n) is 2.01. The third-order valence-corrected chi connectivity index (χ3v) is 4.00. The summed E-state index contributed by atoms with van der Waals surface area (Å²) in [5.41, 5.74) is 2.72. The van der Waals surface area contributed by atoms with Crippen LogP contribution in [0, 0.1) is 6.92 Å². The monoisotopic (exact) mass is 376 g/mol. The second-order valence-electron chi connectivity index (χ2n) is 5.53. The number of rotatable bonds is 6. The van der Waals surface area contributed by atoms with Gasteiger partial charge in [-0.1, -0.05) is 34.1 Å². The van der Waals surface area contributed by atoms with Gasteiger partial charge >= 0.3 is 0 Å². The van der Waals surface area contributed by atoms with Crippen LogP contribution in [0.2, 0.25) is 0 Å². The maximum absolute atomic E-state index is 12.1. The van der Waals surface area contributed by atoms with Gasteiger partial charge in [-0.2, -0.15) is 0 Å². The average molecular weight is 377 g/mol. The molecule has 0 fully saturated rings. The number of carbonyl (C=O) groups is 1. The lowest BCUT2D eigenvalue weighted by atomic mass is 10.2. The molecule has 0 heterocycles. The van der Waals surface area contributed by atoms with E-state index in [-0.39, 0.29) is 18.6 Å². The number of amides is 1. The minimum absolute atomic E-state index is 0.0519. The van der Waals surface area contributed by atoms with Crippen LogP contribution in [0.25, 0.3) is 0 Å². The molecule has 0 unspecified atom stereocenters. The average Bonchev–Trinajstić information content (AvgIpc) is 2.50. The third kappa shape index (κ3) is 5.28. The zero-order valence-corrected chi connectivity index (χ0v) is 15.1. The number of hydrogen-bond donors (Lipinski definition) is 2. The molecule has 0 saturated carbocycles. The van der Waals surface area contributed by atoms with Crippen molar-refractivity contribution in [1.29, 1.82) is 0 Å². The van der Waals surface area contributed by atoms with Crippen LogP contribution in [0.1, 0.15) is 19.4 Å². The highest BCUT2D eigenvalue weighted by Crippen LogP contribution is 2.25. The Kier molecular flexibility index (Phi) is 6.04. The van der Waals surface area contributed by atoms with Crippen molar-refractivity contribution in [2.45, 2.75) is 26.9 Å². The van der Waals surface area contributed by atoms with Crippen LogP contribution < -0.4 is 15.4 Å². The van der Waals surface area contributed by atoms with Gasteiger partial charge in [0.15, 0.2) is 0 Å². The summed E-state index contributed by atoms with van der Waals surface area (Å²) in [4.78, 5) is 12.1. The molecule has 0 aliphatic rings. The molecule has 0 bridgehead atoms. The molecule has 23 heavy (non-hydrogen) atoms. The predicted octanol–water partition coefficient (Wildman–Crippen LogP) is 4.60. The molecule has 5 heteroatoms. The van der Waals surface area contributed by atoms with Gasteiger partial charge < -0.3 is 15.4 Å². The van der Waals surface area contributed by atoms with Gasteiger partial charge in [-0.25, -0.2) is 0 Å². The van der Waals surface area contributed by atoms with E-state index in [0.29, 0.717) is 11.4 Å². The van der Waals surface area contributed by atoms with Crippen LogP contribution in [-0.4, -0.2) is 18.6 Å². The Morgan fingerprint density at radius 3 is 2.65 bits per heavy atom. The topological polar surface area (TPSA) is 50.4 Å². The van der Waals surface area contributed by atoms with Crippen LogP contribution in [-0.2, 0) is 4.79 Å². The van der Waals surface area contributed by atoms with Crippen LogP contribution in [0.15, 0.2) is 46.9 Å². The maximum atomic E-state index is 12.1. The van der Waals surface area contributed by atoms with E-state index >= 15 is 0 Å². The Balaban J connectivity index is 1.96. The van der Waals surface area contributed by atoms with Crippen molar-refractivity contribution < 1.29 is 9.53 Å². The first kappa shape index (κ1) is 17.3. The molecule has 2 rings (SSSR count). The normalized spacial score (nSPS) is 10.5. The van der Waals surface area contributed by atoms with Gasteiger partial charge in [0.2, 0.25) is 5.91 Å². The van der Waals surface area contributed by atoms with Crippen LogP contribution >= 0.6 is 15.9 Å². The zero-order chi connectivity index (χ0) is 16.8. The molecule has 1 amide bonds. The lowest BCUT2D eigenvalue weighted by molar-refractivity contribution is -0.114. The number of para-hydroxylation sites is 2. The van der Waals surface area contributed by atoms with Gasteiger partial charge in [-0.3, -0.25) is 4.79 Å². The molecule has 0 spiro atoms. The molecule has 2 aromatic rings. The summed E-state index contributed by atoms with van der Waals surface area (Å²) in [6.45, 7) is 6.11. The first-order valence-corrected chi connectivity index (χ1v) is 8.30. The molecule has 2 aromatic carbocycles. The molecule has 2 N–H and O–H groups in total. The first-order chi connectivity index (χ1) is 11.0. The van der Waals surface area contributed by atoms with E-state index in [4.69, 9.17) is 4.74 Å². The number of carbonyl (C=O) groups excluding carboxylic acids is 1. The van der Waals surface area contributed by atoms with Crippen molar-refractivity contribution in [3.05, 3.63) is 52.5 Å². The second kappa shape index (κ2) is 8.02. The molecule has 0 radical (unpaired) electrons. The van der Waals surface area contributed by atoms with E-state index in [1.807, 2.05) is 63.2 Å². The SMILES string of the molecule is Cc1ccc(NCC(=O)Nc2ccccc2OC(C)C)cc1Br. The second-order valence-corrected chi connectivity index (χ2v) is 6.38. The highest BCUT2D eigenvalue weighted by Gasteiger charge is 2.09. The highest BCUT2D eigenvalue weighted by molar-refractivity contribution is 9.10. The predicted molar refractivity (Wildman–Crippen MR) is 98.2 cm³/mol. The summed E-state index contributed by atoms with van der Waals surface area (Å²) in [6.07, 6.45) is 0.0519. The zero-order valence-electron chi connectivity index (χ0n) is 13.5. The summed E-state index contributed by atoms with van der Waals surface area (Å²) in [5, 5.41) is 5.98. The maximum Gasteiger partial charge on any atom is 0.243 e. The van der Waals surface area contributed by atoms with E-state index in [2.05, 4.69) is 26.6 Å². The Morgan fingerprint density at radius 2 is 1.96 bits per heavy atom. The van der Waals surface area contributed by atoms with Crippen molar-refractivity contribution in [2.75, 3.05) is 17.2 Å². The largest absolute Gasteiger partial charge is 0.489 e. The minimum Gasteiger partial charge on any atom is -0.489 e. The quantitative estimate of drug-likeness (QED) is 0.774. The number of ether oxygens (including phenoxy) is 1. The molecule has 0 atom stereocenters. The molecule has 122 valence electrons. The summed E-state index contributed by atoms with van der Waals surface area (Å²) in [5.74, 6) is 0.551. The van der Waals surface area contributed by atoms with Gasteiger partial charge in [-0.15, -0.1) is 0 Å². The summed E-state index contributed by atoms with van der Waals surface area (Å²) in [7, 11) is 0. The van der Waals surface area contributed by atoms with Crippen molar-refractivity contribution in [3.8, 4) is 5.75 Å². The summed E-state index contributed by atoms with van der Waals surface area (Å²) in [6, 6.07) is 13.3. The number of aryl methyl sites for hydroxylation is 1. The van der Waals surface area contributed by atoms with Crippen molar-refractivity contribution in [2.24, 2.45) is 0 Å². The number of benzene rings is 2. The van der Waals surface area contributed by atoms with Gasteiger partial charge in [-0.05, 0) is 50.6 Å². The fourth-order valence-corrected chi connectivity index (χ4v) is 2.38. The molecule has 4 nitrogen and oxygen atoms in total. The number of nitrogens with one attached hydrogen (secondary N) is 2. The Hall–Kier alpha value is -2.01. The van der Waals surface area contributed by atoms with Crippen molar-refractivity contribution in [1.82, 2.24) is 0 Å². The number of halogens is 1.